The van der Waals surface area contributed by atoms with Crippen LogP contribution >= 0.6 is 0 Å². The van der Waals surface area contributed by atoms with E-state index in [1.165, 1.54) is 18.2 Å². The Hall–Kier alpha value is -2.29. The van der Waals surface area contributed by atoms with Crippen LogP contribution in [0, 0.1) is 0 Å². The predicted octanol–water partition coefficient (Wildman–Crippen LogP) is 1.07. The smallest absolute Gasteiger partial charge is 0.282 e. The molecule has 8 heteroatoms. The molecule has 3 rings (SSSR count). The van der Waals surface area contributed by atoms with Crippen LogP contribution in [0.15, 0.2) is 35.2 Å². The lowest BCUT2D eigenvalue weighted by molar-refractivity contribution is -0.0380. The highest BCUT2D eigenvalue weighted by molar-refractivity contribution is 7.86. The summed E-state index contributed by atoms with van der Waals surface area (Å²) in [5, 5.41) is 9.89. The van der Waals surface area contributed by atoms with Gasteiger partial charge in [0.05, 0.1) is 11.1 Å². The fourth-order valence-corrected chi connectivity index (χ4v) is 2.97. The number of hydrogen-bond donors (Lipinski definition) is 2. The molecule has 0 radical (unpaired) electrons. The molecular formula is C12H7NO6S. The summed E-state index contributed by atoms with van der Waals surface area (Å²) in [5.41, 5.74) is -0.423. The molecule has 2 aromatic rings. The molecule has 2 aromatic carbocycles. The lowest BCUT2D eigenvalue weighted by Crippen LogP contribution is -2.38. The van der Waals surface area contributed by atoms with Crippen molar-refractivity contribution in [1.29, 1.82) is 0 Å². The van der Waals surface area contributed by atoms with E-state index in [1.54, 1.807) is 6.07 Å². The molecule has 0 spiro atoms. The molecule has 0 fully saturated rings. The quantitative estimate of drug-likeness (QED) is 0.462. The van der Waals surface area contributed by atoms with Crippen molar-refractivity contribution in [1.82, 2.24) is 5.06 Å². The summed E-state index contributed by atoms with van der Waals surface area (Å²) in [7, 11) is -4.66. The highest BCUT2D eigenvalue weighted by Gasteiger charge is 2.36. The van der Waals surface area contributed by atoms with E-state index in [2.05, 4.69) is 0 Å². The largest absolute Gasteiger partial charge is 0.295 e. The van der Waals surface area contributed by atoms with E-state index >= 15 is 0 Å². The number of amides is 2. The van der Waals surface area contributed by atoms with E-state index < -0.39 is 32.4 Å². The molecule has 0 unspecified atom stereocenters. The van der Waals surface area contributed by atoms with Gasteiger partial charge in [0.25, 0.3) is 21.9 Å². The first-order valence-corrected chi connectivity index (χ1v) is 6.87. The fraction of sp³-hybridized carbons (Fsp3) is 0. The van der Waals surface area contributed by atoms with Crippen LogP contribution in [-0.2, 0) is 10.1 Å². The minimum Gasteiger partial charge on any atom is -0.282 e. The molecular weight excluding hydrogens is 286 g/mol. The number of rotatable bonds is 1. The lowest BCUT2D eigenvalue weighted by Gasteiger charge is -2.23. The summed E-state index contributed by atoms with van der Waals surface area (Å²) >= 11 is 0. The summed E-state index contributed by atoms with van der Waals surface area (Å²) in [6.07, 6.45) is 0. The van der Waals surface area contributed by atoms with Crippen LogP contribution in [-0.4, -0.2) is 35.1 Å². The Labute approximate surface area is 112 Å². The van der Waals surface area contributed by atoms with E-state index in [-0.39, 0.29) is 16.0 Å². The molecule has 1 aliphatic heterocycles. The Bertz CT molecular complexity index is 886. The van der Waals surface area contributed by atoms with Crippen LogP contribution in [0.1, 0.15) is 20.7 Å². The van der Waals surface area contributed by atoms with Crippen molar-refractivity contribution in [2.24, 2.45) is 0 Å². The minimum atomic E-state index is -4.66. The van der Waals surface area contributed by atoms with E-state index in [4.69, 9.17) is 0 Å². The van der Waals surface area contributed by atoms with Gasteiger partial charge in [0.15, 0.2) is 0 Å². The van der Waals surface area contributed by atoms with Crippen molar-refractivity contribution >= 4 is 32.7 Å². The zero-order valence-corrected chi connectivity index (χ0v) is 10.6. The Morgan fingerprint density at radius 2 is 1.70 bits per heavy atom. The van der Waals surface area contributed by atoms with Crippen molar-refractivity contribution in [2.45, 2.75) is 4.90 Å². The van der Waals surface area contributed by atoms with Gasteiger partial charge in [0, 0.05) is 5.39 Å². The van der Waals surface area contributed by atoms with E-state index in [0.717, 1.165) is 6.07 Å². The summed E-state index contributed by atoms with van der Waals surface area (Å²) in [6, 6.07) is 6.91. The second-order valence-corrected chi connectivity index (χ2v) is 5.63. The molecule has 2 N–H and O–H groups in total. The molecule has 20 heavy (non-hydrogen) atoms. The first kappa shape index (κ1) is 12.7. The van der Waals surface area contributed by atoms with Crippen LogP contribution in [0.5, 0.6) is 0 Å². The van der Waals surface area contributed by atoms with Gasteiger partial charge in [-0.3, -0.25) is 19.3 Å². The standard InChI is InChI=1S/C12H7NO6S/c14-11-7-3-1-2-6-4-5-8(20(17,18)19)10(9(6)7)12(15)13(11)16/h1-5,16H,(H,17,18,19). The van der Waals surface area contributed by atoms with Crippen molar-refractivity contribution in [2.75, 3.05) is 0 Å². The maximum atomic E-state index is 12.0. The molecule has 0 aliphatic carbocycles. The molecule has 0 aromatic heterocycles. The highest BCUT2D eigenvalue weighted by Crippen LogP contribution is 2.33. The number of hydroxylamine groups is 2. The summed E-state index contributed by atoms with van der Waals surface area (Å²) in [4.78, 5) is 23.1. The highest BCUT2D eigenvalue weighted by atomic mass is 32.2. The third-order valence-electron chi connectivity index (χ3n) is 3.11. The van der Waals surface area contributed by atoms with Gasteiger partial charge in [0.2, 0.25) is 0 Å². The Morgan fingerprint density at radius 1 is 1.00 bits per heavy atom. The molecule has 0 saturated carbocycles. The van der Waals surface area contributed by atoms with Gasteiger partial charge in [-0.25, -0.2) is 0 Å². The third kappa shape index (κ3) is 1.56. The van der Waals surface area contributed by atoms with Crippen LogP contribution in [0.2, 0.25) is 0 Å². The van der Waals surface area contributed by atoms with Crippen molar-refractivity contribution in [3.8, 4) is 0 Å². The summed E-state index contributed by atoms with van der Waals surface area (Å²) < 4.78 is 31.9. The summed E-state index contributed by atoms with van der Waals surface area (Å²) in [5.74, 6) is -2.13. The average Bonchev–Trinajstić information content (AvgIpc) is 2.40. The van der Waals surface area contributed by atoms with Crippen LogP contribution in [0.4, 0.5) is 0 Å². The molecule has 0 saturated heterocycles. The monoisotopic (exact) mass is 293 g/mol. The topological polar surface area (TPSA) is 112 Å². The van der Waals surface area contributed by atoms with Gasteiger partial charge < -0.3 is 0 Å². The van der Waals surface area contributed by atoms with Crippen molar-refractivity contribution in [3.63, 3.8) is 0 Å². The van der Waals surface area contributed by atoms with E-state index in [1.807, 2.05) is 0 Å². The second-order valence-electron chi connectivity index (χ2n) is 4.24. The Kier molecular flexibility index (Phi) is 2.45. The maximum absolute atomic E-state index is 12.0. The molecule has 102 valence electrons. The van der Waals surface area contributed by atoms with Gasteiger partial charge in [-0.15, -0.1) is 5.06 Å². The first-order chi connectivity index (χ1) is 9.32. The number of benzene rings is 2. The number of carbonyl (C=O) groups is 2. The zero-order chi connectivity index (χ0) is 14.7. The normalized spacial score (nSPS) is 15.0. The number of carbonyl (C=O) groups excluding carboxylic acids is 2. The van der Waals surface area contributed by atoms with Gasteiger partial charge in [0.1, 0.15) is 4.90 Å². The van der Waals surface area contributed by atoms with Gasteiger partial charge >= 0.3 is 0 Å². The summed E-state index contributed by atoms with van der Waals surface area (Å²) in [6.45, 7) is 0. The first-order valence-electron chi connectivity index (χ1n) is 5.43. The number of nitrogens with zero attached hydrogens (tertiary/aromatic N) is 1. The molecule has 2 amide bonds. The third-order valence-corrected chi connectivity index (χ3v) is 4.01. The van der Waals surface area contributed by atoms with Crippen molar-refractivity contribution in [3.05, 3.63) is 41.5 Å². The Morgan fingerprint density at radius 3 is 2.35 bits per heavy atom. The van der Waals surface area contributed by atoms with Gasteiger partial charge in [-0.1, -0.05) is 18.2 Å². The maximum Gasteiger partial charge on any atom is 0.295 e. The lowest BCUT2D eigenvalue weighted by atomic mass is 9.95. The fourth-order valence-electron chi connectivity index (χ4n) is 2.28. The number of hydrogen-bond acceptors (Lipinski definition) is 5. The average molecular weight is 293 g/mol. The van der Waals surface area contributed by atoms with Crippen molar-refractivity contribution < 1.29 is 27.8 Å². The predicted molar refractivity (Wildman–Crippen MR) is 66.0 cm³/mol. The Balaban J connectivity index is 2.59. The zero-order valence-electron chi connectivity index (χ0n) is 9.77. The molecule has 0 atom stereocenters. The van der Waals surface area contributed by atoms with E-state index in [9.17, 15) is 27.8 Å². The SMILES string of the molecule is O=C1c2cccc3ccc(S(=O)(=O)O)c(c23)C(=O)N1O. The molecule has 1 heterocycles. The molecule has 7 nitrogen and oxygen atoms in total. The van der Waals surface area contributed by atoms with Crippen LogP contribution in [0.3, 0.4) is 0 Å². The number of imide groups is 1. The second kappa shape index (κ2) is 3.85. The van der Waals surface area contributed by atoms with Crippen LogP contribution < -0.4 is 0 Å². The molecule has 1 aliphatic rings. The van der Waals surface area contributed by atoms with E-state index in [0.29, 0.717) is 5.39 Å². The van der Waals surface area contributed by atoms with Gasteiger partial charge in [-0.2, -0.15) is 8.42 Å². The van der Waals surface area contributed by atoms with Crippen LogP contribution in [0.25, 0.3) is 10.8 Å². The minimum absolute atomic E-state index is 0.00917. The van der Waals surface area contributed by atoms with Gasteiger partial charge in [-0.05, 0) is 17.5 Å². The molecule has 0 bridgehead atoms.